The van der Waals surface area contributed by atoms with Gasteiger partial charge >= 0.3 is 0 Å². The summed E-state index contributed by atoms with van der Waals surface area (Å²) in [5, 5.41) is 4.00. The molecule has 1 N–H and O–H groups in total. The molecule has 2 nitrogen and oxygen atoms in total. The summed E-state index contributed by atoms with van der Waals surface area (Å²) in [6.07, 6.45) is 2.39. The second-order valence-electron chi connectivity index (χ2n) is 4.76. The smallest absolute Gasteiger partial charge is 0.123 e. The van der Waals surface area contributed by atoms with Gasteiger partial charge in [0.2, 0.25) is 0 Å². The minimum atomic E-state index is -0.215. The average molecular weight is 293 g/mol. The Hall–Kier alpha value is -1.45. The van der Waals surface area contributed by atoms with Crippen LogP contribution in [0.25, 0.3) is 0 Å². The monoisotopic (exact) mass is 292 g/mol. The summed E-state index contributed by atoms with van der Waals surface area (Å²) in [6.45, 7) is 4.81. The van der Waals surface area contributed by atoms with Crippen LogP contribution in [0, 0.1) is 12.7 Å². The summed E-state index contributed by atoms with van der Waals surface area (Å²) in [4.78, 5) is 4.36. The lowest BCUT2D eigenvalue weighted by Crippen LogP contribution is -2.24. The molecular weight excluding hydrogens is 275 g/mol. The molecule has 0 saturated heterocycles. The van der Waals surface area contributed by atoms with Crippen LogP contribution in [0.5, 0.6) is 0 Å². The van der Waals surface area contributed by atoms with Crippen LogP contribution in [0.4, 0.5) is 4.39 Å². The summed E-state index contributed by atoms with van der Waals surface area (Å²) in [5.74, 6) is -0.215. The Kier molecular flexibility index (Phi) is 5.10. The number of aryl methyl sites for hydroxylation is 1. The number of pyridine rings is 1. The maximum atomic E-state index is 13.4. The van der Waals surface area contributed by atoms with E-state index in [1.165, 1.54) is 6.07 Å². The number of rotatable bonds is 5. The van der Waals surface area contributed by atoms with Crippen LogP contribution in [0.3, 0.4) is 0 Å². The van der Waals surface area contributed by atoms with E-state index in [-0.39, 0.29) is 11.9 Å². The molecule has 2 rings (SSSR count). The van der Waals surface area contributed by atoms with Crippen molar-refractivity contribution in [2.45, 2.75) is 26.3 Å². The van der Waals surface area contributed by atoms with E-state index < -0.39 is 0 Å². The Labute approximate surface area is 124 Å². The first-order valence-electron chi connectivity index (χ1n) is 6.70. The Morgan fingerprint density at radius 3 is 2.85 bits per heavy atom. The van der Waals surface area contributed by atoms with Gasteiger partial charge in [-0.15, -0.1) is 0 Å². The fourth-order valence-electron chi connectivity index (χ4n) is 2.25. The van der Waals surface area contributed by atoms with Gasteiger partial charge in [0.15, 0.2) is 0 Å². The lowest BCUT2D eigenvalue weighted by Gasteiger charge is -2.19. The fraction of sp³-hybridized carbons (Fsp3) is 0.312. The van der Waals surface area contributed by atoms with Crippen LogP contribution in [0.1, 0.15) is 29.8 Å². The lowest BCUT2D eigenvalue weighted by molar-refractivity contribution is 0.533. The van der Waals surface area contributed by atoms with E-state index in [0.717, 1.165) is 23.4 Å². The van der Waals surface area contributed by atoms with Crippen LogP contribution in [0.2, 0.25) is 5.02 Å². The largest absolute Gasteiger partial charge is 0.309 e. The molecule has 0 radical (unpaired) electrons. The van der Waals surface area contributed by atoms with Crippen LogP contribution >= 0.6 is 11.6 Å². The maximum Gasteiger partial charge on any atom is 0.123 e. The summed E-state index contributed by atoms with van der Waals surface area (Å²) < 4.78 is 13.4. The standard InChI is InChI=1S/C16H18ClFN2/c1-3-19-15(16-14(17)5-4-8-20-16)10-12-9-13(18)7-6-11(12)2/h4-9,15,19H,3,10H2,1-2H3. The van der Waals surface area contributed by atoms with Crippen molar-refractivity contribution >= 4 is 11.6 Å². The molecule has 0 spiro atoms. The predicted molar refractivity (Wildman–Crippen MR) is 80.5 cm³/mol. The van der Waals surface area contributed by atoms with Gasteiger partial charge in [0, 0.05) is 6.20 Å². The molecule has 1 aromatic carbocycles. The zero-order chi connectivity index (χ0) is 14.5. The van der Waals surface area contributed by atoms with Crippen molar-refractivity contribution in [3.05, 3.63) is 64.2 Å². The maximum absolute atomic E-state index is 13.4. The van der Waals surface area contributed by atoms with Crippen molar-refractivity contribution in [2.24, 2.45) is 0 Å². The highest BCUT2D eigenvalue weighted by molar-refractivity contribution is 6.31. The number of nitrogens with one attached hydrogen (secondary N) is 1. The van der Waals surface area contributed by atoms with E-state index in [4.69, 9.17) is 11.6 Å². The fourth-order valence-corrected chi connectivity index (χ4v) is 2.50. The molecule has 4 heteroatoms. The molecule has 0 bridgehead atoms. The molecule has 1 atom stereocenters. The van der Waals surface area contributed by atoms with Crippen LogP contribution in [-0.2, 0) is 6.42 Å². The van der Waals surface area contributed by atoms with Crippen molar-refractivity contribution in [1.29, 1.82) is 0 Å². The van der Waals surface area contributed by atoms with Gasteiger partial charge in [0.05, 0.1) is 16.8 Å². The molecule has 1 unspecified atom stereocenters. The SMILES string of the molecule is CCNC(Cc1cc(F)ccc1C)c1ncccc1Cl. The van der Waals surface area contributed by atoms with Gasteiger partial charge in [-0.25, -0.2) is 4.39 Å². The van der Waals surface area contributed by atoms with Gasteiger partial charge in [-0.05, 0) is 55.3 Å². The van der Waals surface area contributed by atoms with Crippen LogP contribution in [-0.4, -0.2) is 11.5 Å². The molecule has 0 fully saturated rings. The van der Waals surface area contributed by atoms with Crippen molar-refractivity contribution in [2.75, 3.05) is 6.54 Å². The quantitative estimate of drug-likeness (QED) is 0.898. The molecule has 0 aliphatic heterocycles. The Balaban J connectivity index is 2.30. The highest BCUT2D eigenvalue weighted by atomic mass is 35.5. The third-order valence-electron chi connectivity index (χ3n) is 3.30. The molecule has 2 aromatic rings. The third kappa shape index (κ3) is 3.56. The highest BCUT2D eigenvalue weighted by Crippen LogP contribution is 2.25. The van der Waals surface area contributed by atoms with E-state index in [1.807, 2.05) is 26.0 Å². The van der Waals surface area contributed by atoms with Gasteiger partial charge in [0.25, 0.3) is 0 Å². The van der Waals surface area contributed by atoms with E-state index in [1.54, 1.807) is 18.3 Å². The predicted octanol–water partition coefficient (Wildman–Crippen LogP) is 4.08. The highest BCUT2D eigenvalue weighted by Gasteiger charge is 2.17. The molecular formula is C16H18ClFN2. The Morgan fingerprint density at radius 1 is 1.35 bits per heavy atom. The second-order valence-corrected chi connectivity index (χ2v) is 5.16. The molecule has 0 aliphatic rings. The summed E-state index contributed by atoms with van der Waals surface area (Å²) >= 11 is 6.22. The van der Waals surface area contributed by atoms with E-state index in [9.17, 15) is 4.39 Å². The van der Waals surface area contributed by atoms with Crippen LogP contribution in [0.15, 0.2) is 36.5 Å². The number of benzene rings is 1. The van der Waals surface area contributed by atoms with Crippen molar-refractivity contribution in [3.8, 4) is 0 Å². The Bertz CT molecular complexity index is 586. The first-order valence-corrected chi connectivity index (χ1v) is 7.08. The van der Waals surface area contributed by atoms with Crippen molar-refractivity contribution < 1.29 is 4.39 Å². The molecule has 20 heavy (non-hydrogen) atoms. The van der Waals surface area contributed by atoms with E-state index in [0.29, 0.717) is 11.4 Å². The molecule has 106 valence electrons. The van der Waals surface area contributed by atoms with Gasteiger partial charge in [0.1, 0.15) is 5.82 Å². The average Bonchev–Trinajstić information content (AvgIpc) is 2.43. The summed E-state index contributed by atoms with van der Waals surface area (Å²) in [7, 11) is 0. The first-order chi connectivity index (χ1) is 9.61. The van der Waals surface area contributed by atoms with Crippen LogP contribution < -0.4 is 5.32 Å². The van der Waals surface area contributed by atoms with E-state index >= 15 is 0 Å². The first kappa shape index (κ1) is 14.9. The van der Waals surface area contributed by atoms with Gasteiger partial charge < -0.3 is 5.32 Å². The number of nitrogens with zero attached hydrogens (tertiary/aromatic N) is 1. The topological polar surface area (TPSA) is 24.9 Å². The number of likely N-dealkylation sites (N-methyl/N-ethyl adjacent to an activating group) is 1. The van der Waals surface area contributed by atoms with Gasteiger partial charge in [-0.3, -0.25) is 4.98 Å². The summed E-state index contributed by atoms with van der Waals surface area (Å²) in [5.41, 5.74) is 2.85. The van der Waals surface area contributed by atoms with Crippen molar-refractivity contribution in [3.63, 3.8) is 0 Å². The van der Waals surface area contributed by atoms with Gasteiger partial charge in [-0.1, -0.05) is 24.6 Å². The number of hydrogen-bond acceptors (Lipinski definition) is 2. The molecule has 0 saturated carbocycles. The van der Waals surface area contributed by atoms with Gasteiger partial charge in [-0.2, -0.15) is 0 Å². The zero-order valence-electron chi connectivity index (χ0n) is 11.7. The van der Waals surface area contributed by atoms with Crippen molar-refractivity contribution in [1.82, 2.24) is 10.3 Å². The zero-order valence-corrected chi connectivity index (χ0v) is 12.4. The third-order valence-corrected chi connectivity index (χ3v) is 3.62. The summed E-state index contributed by atoms with van der Waals surface area (Å²) in [6, 6.07) is 8.47. The number of aromatic nitrogens is 1. The van der Waals surface area contributed by atoms with E-state index in [2.05, 4.69) is 10.3 Å². The molecule has 0 amide bonds. The normalized spacial score (nSPS) is 12.4. The number of hydrogen-bond donors (Lipinski definition) is 1. The molecule has 0 aliphatic carbocycles. The molecule has 1 aromatic heterocycles. The minimum Gasteiger partial charge on any atom is -0.309 e. The second kappa shape index (κ2) is 6.82. The number of halogens is 2. The molecule has 1 heterocycles. The Morgan fingerprint density at radius 2 is 2.15 bits per heavy atom. The lowest BCUT2D eigenvalue weighted by atomic mass is 9.98. The minimum absolute atomic E-state index is 0.0193.